The van der Waals surface area contributed by atoms with Crippen LogP contribution in [0.4, 0.5) is 8.78 Å². The molecule has 26 heavy (non-hydrogen) atoms. The summed E-state index contributed by atoms with van der Waals surface area (Å²) in [6.45, 7) is 5.44. The lowest BCUT2D eigenvalue weighted by Gasteiger charge is -2.15. The lowest BCUT2D eigenvalue weighted by atomic mass is 10.1. The van der Waals surface area contributed by atoms with Gasteiger partial charge in [-0.25, -0.2) is 13.8 Å². The van der Waals surface area contributed by atoms with E-state index in [9.17, 15) is 13.6 Å². The van der Waals surface area contributed by atoms with Crippen molar-refractivity contribution in [3.8, 4) is 17.0 Å². The van der Waals surface area contributed by atoms with E-state index in [0.717, 1.165) is 11.8 Å². The number of thioether (sulfide) groups is 1. The Morgan fingerprint density at radius 3 is 2.50 bits per heavy atom. The van der Waals surface area contributed by atoms with Gasteiger partial charge in [0.2, 0.25) is 5.88 Å². The number of carbonyl (C=O) groups is 1. The molecule has 1 aromatic heterocycles. The Morgan fingerprint density at radius 2 is 1.92 bits per heavy atom. The lowest BCUT2D eigenvalue weighted by molar-refractivity contribution is -0.137. The van der Waals surface area contributed by atoms with Gasteiger partial charge >= 0.3 is 5.97 Å². The molecule has 0 amide bonds. The number of ether oxygens (including phenoxy) is 1. The molecule has 1 aromatic carbocycles. The van der Waals surface area contributed by atoms with E-state index in [2.05, 4.69) is 4.98 Å². The van der Waals surface area contributed by atoms with E-state index in [0.29, 0.717) is 23.4 Å². The number of hydrogen-bond acceptors (Lipinski definition) is 4. The molecule has 0 bridgehead atoms. The van der Waals surface area contributed by atoms with Crippen molar-refractivity contribution in [2.75, 3.05) is 0 Å². The van der Waals surface area contributed by atoms with Crippen molar-refractivity contribution in [2.24, 2.45) is 0 Å². The molecular weight excluding hydrogens is 360 g/mol. The predicted octanol–water partition coefficient (Wildman–Crippen LogP) is 5.16. The number of carboxylic acids is 1. The predicted molar refractivity (Wildman–Crippen MR) is 97.5 cm³/mol. The fourth-order valence-corrected chi connectivity index (χ4v) is 3.32. The monoisotopic (exact) mass is 381 g/mol. The van der Waals surface area contributed by atoms with E-state index in [4.69, 9.17) is 9.84 Å². The Kier molecular flexibility index (Phi) is 6.97. The van der Waals surface area contributed by atoms with Crippen LogP contribution >= 0.6 is 11.8 Å². The third kappa shape index (κ3) is 5.42. The summed E-state index contributed by atoms with van der Waals surface area (Å²) < 4.78 is 34.6. The first-order chi connectivity index (χ1) is 12.3. The van der Waals surface area contributed by atoms with E-state index >= 15 is 0 Å². The van der Waals surface area contributed by atoms with E-state index < -0.39 is 17.6 Å². The molecule has 0 saturated heterocycles. The highest BCUT2D eigenvalue weighted by molar-refractivity contribution is 8.00. The molecule has 0 fully saturated rings. The third-order valence-corrected chi connectivity index (χ3v) is 4.78. The second-order valence-electron chi connectivity index (χ2n) is 6.15. The molecule has 2 aromatic rings. The minimum Gasteiger partial charge on any atom is -0.481 e. The Hall–Kier alpha value is -2.15. The summed E-state index contributed by atoms with van der Waals surface area (Å²) in [6, 6.07) is 5.87. The van der Waals surface area contributed by atoms with Crippen molar-refractivity contribution in [3.63, 3.8) is 0 Å². The van der Waals surface area contributed by atoms with Crippen LogP contribution in [0.2, 0.25) is 0 Å². The summed E-state index contributed by atoms with van der Waals surface area (Å²) in [5, 5.41) is 8.49. The number of pyridine rings is 1. The number of nitrogens with zero attached hydrogens (tertiary/aromatic N) is 1. The topological polar surface area (TPSA) is 59.4 Å². The summed E-state index contributed by atoms with van der Waals surface area (Å²) in [4.78, 5) is 14.7. The molecule has 0 aliphatic carbocycles. The van der Waals surface area contributed by atoms with Crippen molar-refractivity contribution in [3.05, 3.63) is 42.1 Å². The minimum atomic E-state index is -0.928. The zero-order valence-electron chi connectivity index (χ0n) is 14.8. The second kappa shape index (κ2) is 8.98. The first kappa shape index (κ1) is 20.2. The van der Waals surface area contributed by atoms with Gasteiger partial charge in [-0.2, -0.15) is 0 Å². The highest BCUT2D eigenvalue weighted by Gasteiger charge is 2.18. The second-order valence-corrected chi connectivity index (χ2v) is 7.60. The standard InChI is InChI=1S/C19H21F2NO3S/c1-11(2)25-19-14(5-4-8-22-19)13-9-15(20)18(16(21)10-13)26-12(3)6-7-17(23)24/h4-5,8-12H,6-7H2,1-3H3,(H,23,24). The molecule has 1 heterocycles. The average molecular weight is 381 g/mol. The maximum absolute atomic E-state index is 14.5. The Morgan fingerprint density at radius 1 is 1.27 bits per heavy atom. The highest BCUT2D eigenvalue weighted by Crippen LogP contribution is 2.36. The summed E-state index contributed by atoms with van der Waals surface area (Å²) in [5.41, 5.74) is 0.848. The van der Waals surface area contributed by atoms with Gasteiger partial charge in [-0.05, 0) is 50.1 Å². The van der Waals surface area contributed by atoms with Crippen molar-refractivity contribution < 1.29 is 23.4 Å². The highest BCUT2D eigenvalue weighted by atomic mass is 32.2. The van der Waals surface area contributed by atoms with Gasteiger partial charge in [0.05, 0.1) is 11.0 Å². The fourth-order valence-electron chi connectivity index (χ4n) is 2.34. The van der Waals surface area contributed by atoms with Crippen molar-refractivity contribution in [1.82, 2.24) is 4.98 Å². The van der Waals surface area contributed by atoms with Crippen LogP contribution < -0.4 is 4.74 Å². The molecule has 2 rings (SSSR count). The largest absolute Gasteiger partial charge is 0.481 e. The number of rotatable bonds is 8. The average Bonchev–Trinajstić information content (AvgIpc) is 2.56. The molecule has 0 aliphatic rings. The number of aliphatic carboxylic acids is 1. The molecule has 0 aliphatic heterocycles. The van der Waals surface area contributed by atoms with Gasteiger partial charge in [-0.3, -0.25) is 4.79 Å². The van der Waals surface area contributed by atoms with Crippen LogP contribution in [-0.4, -0.2) is 27.4 Å². The quantitative estimate of drug-likeness (QED) is 0.640. The zero-order valence-corrected chi connectivity index (χ0v) is 15.6. The SMILES string of the molecule is CC(C)Oc1ncccc1-c1cc(F)c(SC(C)CCC(=O)O)c(F)c1. The fraction of sp³-hybridized carbons (Fsp3) is 0.368. The molecule has 1 unspecified atom stereocenters. The van der Waals surface area contributed by atoms with Gasteiger partial charge in [0.25, 0.3) is 0 Å². The number of carboxylic acid groups (broad SMARTS) is 1. The van der Waals surface area contributed by atoms with Crippen molar-refractivity contribution in [2.45, 2.75) is 49.9 Å². The lowest BCUT2D eigenvalue weighted by Crippen LogP contribution is -2.08. The van der Waals surface area contributed by atoms with Gasteiger partial charge in [-0.1, -0.05) is 6.92 Å². The first-order valence-corrected chi connectivity index (χ1v) is 9.15. The van der Waals surface area contributed by atoms with Crippen LogP contribution in [-0.2, 0) is 4.79 Å². The van der Waals surface area contributed by atoms with Crippen LogP contribution in [0, 0.1) is 11.6 Å². The minimum absolute atomic E-state index is 0.0406. The molecule has 0 saturated carbocycles. The molecule has 7 heteroatoms. The molecule has 4 nitrogen and oxygen atoms in total. The summed E-state index contributed by atoms with van der Waals surface area (Å²) in [5.74, 6) is -1.99. The molecule has 0 radical (unpaired) electrons. The van der Waals surface area contributed by atoms with E-state index in [1.165, 1.54) is 12.1 Å². The van der Waals surface area contributed by atoms with Gasteiger partial charge in [0.15, 0.2) is 0 Å². The molecular formula is C19H21F2NO3S. The van der Waals surface area contributed by atoms with Gasteiger partial charge < -0.3 is 9.84 Å². The molecule has 1 atom stereocenters. The van der Waals surface area contributed by atoms with Gasteiger partial charge in [0, 0.05) is 23.4 Å². The van der Waals surface area contributed by atoms with Gasteiger partial charge in [0.1, 0.15) is 11.6 Å². The van der Waals surface area contributed by atoms with Crippen LogP contribution in [0.1, 0.15) is 33.6 Å². The normalized spacial score (nSPS) is 12.2. The number of halogens is 2. The Labute approximate surface area is 155 Å². The van der Waals surface area contributed by atoms with Gasteiger partial charge in [-0.15, -0.1) is 11.8 Å². The maximum Gasteiger partial charge on any atom is 0.303 e. The number of benzene rings is 1. The van der Waals surface area contributed by atoms with Crippen LogP contribution in [0.15, 0.2) is 35.4 Å². The van der Waals surface area contributed by atoms with Crippen molar-refractivity contribution >= 4 is 17.7 Å². The number of aromatic nitrogens is 1. The third-order valence-electron chi connectivity index (χ3n) is 3.51. The summed E-state index contributed by atoms with van der Waals surface area (Å²) in [7, 11) is 0. The molecule has 1 N–H and O–H groups in total. The van der Waals surface area contributed by atoms with Crippen molar-refractivity contribution in [1.29, 1.82) is 0 Å². The van der Waals surface area contributed by atoms with E-state index in [-0.39, 0.29) is 22.7 Å². The zero-order chi connectivity index (χ0) is 19.3. The number of hydrogen-bond donors (Lipinski definition) is 1. The Balaban J connectivity index is 2.28. The molecule has 140 valence electrons. The smallest absolute Gasteiger partial charge is 0.303 e. The van der Waals surface area contributed by atoms with Crippen LogP contribution in [0.5, 0.6) is 5.88 Å². The summed E-state index contributed by atoms with van der Waals surface area (Å²) in [6.07, 6.45) is 1.72. The first-order valence-electron chi connectivity index (χ1n) is 8.27. The van der Waals surface area contributed by atoms with Crippen LogP contribution in [0.3, 0.4) is 0 Å². The van der Waals surface area contributed by atoms with Crippen LogP contribution in [0.25, 0.3) is 11.1 Å². The van der Waals surface area contributed by atoms with E-state index in [1.807, 2.05) is 13.8 Å². The summed E-state index contributed by atoms with van der Waals surface area (Å²) >= 11 is 0.997. The Bertz CT molecular complexity index is 760. The maximum atomic E-state index is 14.5. The van der Waals surface area contributed by atoms with E-state index in [1.54, 1.807) is 25.3 Å². The molecule has 0 spiro atoms.